The van der Waals surface area contributed by atoms with Gasteiger partial charge in [0.1, 0.15) is 0 Å². The second kappa shape index (κ2) is 4.75. The van der Waals surface area contributed by atoms with Gasteiger partial charge in [0, 0.05) is 6.08 Å². The molecule has 2 nitrogen and oxygen atoms in total. The number of hydrogen-bond acceptors (Lipinski definition) is 1. The molecule has 0 aliphatic heterocycles. The van der Waals surface area contributed by atoms with E-state index < -0.39 is 5.97 Å². The largest absolute Gasteiger partial charge is 0.478 e. The summed E-state index contributed by atoms with van der Waals surface area (Å²) in [6.45, 7) is 0. The molecule has 0 aromatic carbocycles. The summed E-state index contributed by atoms with van der Waals surface area (Å²) in [5, 5.41) is 8.40. The molecule has 0 aromatic rings. The first-order valence-corrected chi connectivity index (χ1v) is 4.39. The van der Waals surface area contributed by atoms with Crippen LogP contribution in [-0.4, -0.2) is 11.1 Å². The fourth-order valence-corrected chi connectivity index (χ4v) is 1.37. The molecule has 2 heteroatoms. The quantitative estimate of drug-likeness (QED) is 0.640. The van der Waals surface area contributed by atoms with Crippen molar-refractivity contribution in [2.45, 2.75) is 32.1 Å². The Balaban J connectivity index is 2.48. The van der Waals surface area contributed by atoms with Crippen molar-refractivity contribution in [3.8, 4) is 0 Å². The Bertz CT molecular complexity index is 214. The number of carbonyl (C=O) groups is 1. The third-order valence-corrected chi connectivity index (χ3v) is 2.02. The number of carboxylic acids is 1. The average molecular weight is 166 g/mol. The molecule has 0 fully saturated rings. The maximum absolute atomic E-state index is 10.2. The molecule has 1 aliphatic rings. The standard InChI is InChI=1S/C10H14O2/c11-10(12)8-7-9-5-3-1-2-4-6-9/h5,7-8H,1-4,6H2,(H,11,12)/b8-7+. The molecule has 0 amide bonds. The molecule has 1 rings (SSSR count). The van der Waals surface area contributed by atoms with E-state index in [1.807, 2.05) is 0 Å². The zero-order chi connectivity index (χ0) is 8.81. The second-order valence-corrected chi connectivity index (χ2v) is 3.05. The fourth-order valence-electron chi connectivity index (χ4n) is 1.37. The minimum absolute atomic E-state index is 0.861. The van der Waals surface area contributed by atoms with Crippen molar-refractivity contribution in [2.24, 2.45) is 0 Å². The third kappa shape index (κ3) is 3.37. The monoisotopic (exact) mass is 166 g/mol. The first kappa shape index (κ1) is 9.04. The molecule has 0 radical (unpaired) electrons. The molecule has 0 bridgehead atoms. The number of rotatable bonds is 2. The Labute approximate surface area is 72.6 Å². The number of hydrogen-bond donors (Lipinski definition) is 1. The summed E-state index contributed by atoms with van der Waals surface area (Å²) in [5.74, 6) is -0.861. The minimum atomic E-state index is -0.861. The lowest BCUT2D eigenvalue weighted by atomic mass is 10.1. The molecule has 66 valence electrons. The van der Waals surface area contributed by atoms with E-state index >= 15 is 0 Å². The Hall–Kier alpha value is -1.05. The summed E-state index contributed by atoms with van der Waals surface area (Å²) in [6.07, 6.45) is 10.9. The molecule has 0 atom stereocenters. The van der Waals surface area contributed by atoms with Crippen LogP contribution in [-0.2, 0) is 4.79 Å². The van der Waals surface area contributed by atoms with Crippen molar-refractivity contribution in [1.29, 1.82) is 0 Å². The molecule has 0 saturated heterocycles. The summed E-state index contributed by atoms with van der Waals surface area (Å²) in [6, 6.07) is 0. The van der Waals surface area contributed by atoms with Gasteiger partial charge < -0.3 is 5.11 Å². The van der Waals surface area contributed by atoms with Crippen molar-refractivity contribution in [3.05, 3.63) is 23.8 Å². The zero-order valence-corrected chi connectivity index (χ0v) is 7.12. The van der Waals surface area contributed by atoms with Crippen LogP contribution in [0.3, 0.4) is 0 Å². The van der Waals surface area contributed by atoms with Crippen LogP contribution in [0.25, 0.3) is 0 Å². The van der Waals surface area contributed by atoms with Crippen molar-refractivity contribution < 1.29 is 9.90 Å². The minimum Gasteiger partial charge on any atom is -0.478 e. The predicted molar refractivity (Wildman–Crippen MR) is 47.9 cm³/mol. The Morgan fingerprint density at radius 1 is 1.42 bits per heavy atom. The van der Waals surface area contributed by atoms with Crippen LogP contribution in [0.15, 0.2) is 23.8 Å². The molecule has 1 aliphatic carbocycles. The predicted octanol–water partition coefficient (Wildman–Crippen LogP) is 2.52. The number of carboxylic acid groups (broad SMARTS) is 1. The highest BCUT2D eigenvalue weighted by molar-refractivity contribution is 5.80. The van der Waals surface area contributed by atoms with Crippen molar-refractivity contribution in [2.75, 3.05) is 0 Å². The maximum atomic E-state index is 10.2. The van der Waals surface area contributed by atoms with E-state index in [4.69, 9.17) is 5.11 Å². The zero-order valence-electron chi connectivity index (χ0n) is 7.12. The number of aliphatic carboxylic acids is 1. The summed E-state index contributed by atoms with van der Waals surface area (Å²) >= 11 is 0. The van der Waals surface area contributed by atoms with Crippen LogP contribution >= 0.6 is 0 Å². The van der Waals surface area contributed by atoms with Crippen LogP contribution in [0.4, 0.5) is 0 Å². The SMILES string of the molecule is O=C(O)/C=C/C1=CCCCCC1. The number of allylic oxidation sites excluding steroid dienone is 3. The molecule has 0 aromatic heterocycles. The van der Waals surface area contributed by atoms with Gasteiger partial charge in [0.05, 0.1) is 0 Å². The normalized spacial score (nSPS) is 18.8. The molecule has 0 spiro atoms. The first-order chi connectivity index (χ1) is 5.79. The second-order valence-electron chi connectivity index (χ2n) is 3.05. The topological polar surface area (TPSA) is 37.3 Å². The molecule has 0 saturated carbocycles. The van der Waals surface area contributed by atoms with Gasteiger partial charge in [-0.1, -0.05) is 24.1 Å². The lowest BCUT2D eigenvalue weighted by Crippen LogP contribution is -1.87. The molecule has 1 N–H and O–H groups in total. The summed E-state index contributed by atoms with van der Waals surface area (Å²) < 4.78 is 0. The van der Waals surface area contributed by atoms with Gasteiger partial charge in [-0.25, -0.2) is 4.79 Å². The summed E-state index contributed by atoms with van der Waals surface area (Å²) in [7, 11) is 0. The van der Waals surface area contributed by atoms with E-state index in [9.17, 15) is 4.79 Å². The highest BCUT2D eigenvalue weighted by Gasteiger charge is 1.99. The van der Waals surface area contributed by atoms with E-state index in [2.05, 4.69) is 6.08 Å². The lowest BCUT2D eigenvalue weighted by Gasteiger charge is -1.95. The van der Waals surface area contributed by atoms with E-state index in [-0.39, 0.29) is 0 Å². The van der Waals surface area contributed by atoms with Gasteiger partial charge in [-0.2, -0.15) is 0 Å². The molecular formula is C10H14O2. The van der Waals surface area contributed by atoms with Gasteiger partial charge >= 0.3 is 5.97 Å². The average Bonchev–Trinajstić information content (AvgIpc) is 2.28. The van der Waals surface area contributed by atoms with Crippen LogP contribution in [0, 0.1) is 0 Å². The summed E-state index contributed by atoms with van der Waals surface area (Å²) in [4.78, 5) is 10.2. The van der Waals surface area contributed by atoms with E-state index in [1.165, 1.54) is 30.9 Å². The van der Waals surface area contributed by atoms with Crippen LogP contribution < -0.4 is 0 Å². The summed E-state index contributed by atoms with van der Waals surface area (Å²) in [5.41, 5.74) is 1.18. The van der Waals surface area contributed by atoms with Crippen molar-refractivity contribution >= 4 is 5.97 Å². The van der Waals surface area contributed by atoms with E-state index in [0.717, 1.165) is 12.8 Å². The molecule has 0 heterocycles. The maximum Gasteiger partial charge on any atom is 0.328 e. The Morgan fingerprint density at radius 2 is 2.25 bits per heavy atom. The molecular weight excluding hydrogens is 152 g/mol. The lowest BCUT2D eigenvalue weighted by molar-refractivity contribution is -0.131. The molecule has 12 heavy (non-hydrogen) atoms. The van der Waals surface area contributed by atoms with Gasteiger partial charge in [0.25, 0.3) is 0 Å². The van der Waals surface area contributed by atoms with Crippen molar-refractivity contribution in [3.63, 3.8) is 0 Å². The highest BCUT2D eigenvalue weighted by atomic mass is 16.4. The van der Waals surface area contributed by atoms with Gasteiger partial charge in [0.15, 0.2) is 0 Å². The van der Waals surface area contributed by atoms with Crippen LogP contribution in [0.2, 0.25) is 0 Å². The van der Waals surface area contributed by atoms with Gasteiger partial charge in [-0.15, -0.1) is 0 Å². The van der Waals surface area contributed by atoms with Gasteiger partial charge in [0.2, 0.25) is 0 Å². The Kier molecular flexibility index (Phi) is 3.58. The van der Waals surface area contributed by atoms with Crippen LogP contribution in [0.1, 0.15) is 32.1 Å². The van der Waals surface area contributed by atoms with Crippen molar-refractivity contribution in [1.82, 2.24) is 0 Å². The highest BCUT2D eigenvalue weighted by Crippen LogP contribution is 2.17. The van der Waals surface area contributed by atoms with E-state index in [0.29, 0.717) is 0 Å². The fraction of sp³-hybridized carbons (Fsp3) is 0.500. The van der Waals surface area contributed by atoms with Gasteiger partial charge in [-0.05, 0) is 25.7 Å². The van der Waals surface area contributed by atoms with Gasteiger partial charge in [-0.3, -0.25) is 0 Å². The first-order valence-electron chi connectivity index (χ1n) is 4.39. The Morgan fingerprint density at radius 3 is 3.00 bits per heavy atom. The third-order valence-electron chi connectivity index (χ3n) is 2.02. The molecule has 0 unspecified atom stereocenters. The smallest absolute Gasteiger partial charge is 0.328 e. The van der Waals surface area contributed by atoms with Crippen LogP contribution in [0.5, 0.6) is 0 Å². The van der Waals surface area contributed by atoms with E-state index in [1.54, 1.807) is 6.08 Å².